The second-order valence-electron chi connectivity index (χ2n) is 7.54. The summed E-state index contributed by atoms with van der Waals surface area (Å²) in [6.07, 6.45) is 4.84. The van der Waals surface area contributed by atoms with Crippen molar-refractivity contribution in [2.75, 3.05) is 26.2 Å². The van der Waals surface area contributed by atoms with Crippen LogP contribution >= 0.6 is 23.6 Å². The van der Waals surface area contributed by atoms with E-state index in [9.17, 15) is 5.11 Å². The normalized spacial score (nSPS) is 30.0. The molecule has 27 heavy (non-hydrogen) atoms. The Morgan fingerprint density at radius 3 is 2.93 bits per heavy atom. The van der Waals surface area contributed by atoms with Crippen LogP contribution in [0.15, 0.2) is 18.2 Å². The molecule has 3 fully saturated rings. The van der Waals surface area contributed by atoms with Crippen molar-refractivity contribution in [3.63, 3.8) is 0 Å². The second-order valence-corrected chi connectivity index (χ2v) is 9.23. The first-order valence-corrected chi connectivity index (χ1v) is 10.8. The molecule has 1 aromatic carbocycles. The Morgan fingerprint density at radius 1 is 1.44 bits per heavy atom. The number of hydrogen-bond donors (Lipinski definition) is 1. The summed E-state index contributed by atoms with van der Waals surface area (Å²) in [5, 5.41) is 12.3. The smallest absolute Gasteiger partial charge is 0.169 e. The van der Waals surface area contributed by atoms with Crippen LogP contribution in [0.1, 0.15) is 37.6 Å². The number of ether oxygens (including phenoxy) is 1. The minimum Gasteiger partial charge on any atom is -0.520 e. The lowest BCUT2D eigenvalue weighted by atomic mass is 9.69. The summed E-state index contributed by atoms with van der Waals surface area (Å²) in [7, 11) is 0.230. The standard InChI is InChI=1S/C20H29BN2O2S2/c1-2-25-15-3-4-17-18(11-15)27-19(22-17)12-16(26)5-8-20(24)13-23(21)9-6-14(20)7-10-23/h3-4,11,14,24H,2,5-10,12-13H2,1,21H3. The molecule has 0 radical (unpaired) electrons. The Hall–Kier alpha value is -1.02. The summed E-state index contributed by atoms with van der Waals surface area (Å²) < 4.78 is 8.01. The molecule has 1 aromatic heterocycles. The van der Waals surface area contributed by atoms with Gasteiger partial charge in [-0.15, -0.1) is 11.3 Å². The third-order valence-corrected chi connectivity index (χ3v) is 7.11. The number of aromatic nitrogens is 1. The lowest BCUT2D eigenvalue weighted by Gasteiger charge is -2.60. The van der Waals surface area contributed by atoms with Crippen molar-refractivity contribution in [1.82, 2.24) is 4.98 Å². The van der Waals surface area contributed by atoms with Crippen LogP contribution < -0.4 is 4.74 Å². The summed E-state index contributed by atoms with van der Waals surface area (Å²) in [6, 6.07) is 6.07. The molecule has 2 bridgehead atoms. The molecule has 5 rings (SSSR count). The zero-order valence-corrected chi connectivity index (χ0v) is 16.9. The number of hydrogen-bond acceptors (Lipinski definition) is 5. The topological polar surface area (TPSA) is 42.4 Å². The zero-order valence-electron chi connectivity index (χ0n) is 15.2. The average Bonchev–Trinajstić information content (AvgIpc) is 3.02. The van der Waals surface area contributed by atoms with Crippen LogP contribution in [0.5, 0.6) is 5.75 Å². The minimum atomic E-state index is -0.470. The van der Waals surface area contributed by atoms with Gasteiger partial charge in [0, 0.05) is 25.4 Å². The van der Waals surface area contributed by atoms with Crippen molar-refractivity contribution < 1.29 is 14.2 Å². The fourth-order valence-electron chi connectivity index (χ4n) is 4.33. The summed E-state index contributed by atoms with van der Waals surface area (Å²) in [5.41, 5.74) is 0.547. The molecule has 3 saturated heterocycles. The van der Waals surface area contributed by atoms with E-state index in [1.165, 1.54) is 30.3 Å². The van der Waals surface area contributed by atoms with E-state index in [4.69, 9.17) is 21.9 Å². The van der Waals surface area contributed by atoms with Crippen LogP contribution in [-0.4, -0.2) is 59.2 Å². The average molecular weight is 404 g/mol. The predicted molar refractivity (Wildman–Crippen MR) is 119 cm³/mol. The Morgan fingerprint density at radius 2 is 2.22 bits per heavy atom. The van der Waals surface area contributed by atoms with Gasteiger partial charge in [0.05, 0.1) is 28.4 Å². The third-order valence-electron chi connectivity index (χ3n) is 5.75. The highest BCUT2D eigenvalue weighted by Gasteiger charge is 2.49. The number of thiazole rings is 1. The number of nitrogens with zero attached hydrogens (tertiary/aromatic N) is 2. The van der Waals surface area contributed by atoms with Crippen molar-refractivity contribution >= 4 is 46.6 Å². The Balaban J connectivity index is 1.37. The quantitative estimate of drug-likeness (QED) is 0.569. The largest absolute Gasteiger partial charge is 0.520 e. The molecular formula is C20H29BN2O2S2. The zero-order chi connectivity index (χ0) is 19.1. The molecule has 1 atom stereocenters. The molecule has 0 amide bonds. The Kier molecular flexibility index (Phi) is 5.31. The maximum Gasteiger partial charge on any atom is 0.169 e. The number of aliphatic hydroxyl groups is 1. The lowest BCUT2D eigenvalue weighted by Crippen LogP contribution is -2.68. The molecule has 4 heterocycles. The SMILES string of the molecule is [BH3-][N+]12CCC(CC1)C(O)(CCC(=S)Cc1nc3ccc(OCC)cc3s1)C2. The second kappa shape index (κ2) is 7.43. The molecular weight excluding hydrogens is 375 g/mol. The molecule has 4 nitrogen and oxygen atoms in total. The highest BCUT2D eigenvalue weighted by molar-refractivity contribution is 7.80. The first-order chi connectivity index (χ1) is 12.9. The number of thiocarbonyl (C=S) groups is 1. The molecule has 7 heteroatoms. The molecule has 2 aromatic rings. The van der Waals surface area contributed by atoms with E-state index in [0.29, 0.717) is 12.5 Å². The van der Waals surface area contributed by atoms with E-state index in [0.717, 1.165) is 51.6 Å². The van der Waals surface area contributed by atoms with E-state index in [1.807, 2.05) is 19.1 Å². The van der Waals surface area contributed by atoms with E-state index < -0.39 is 5.60 Å². The molecule has 146 valence electrons. The number of piperidine rings is 3. The number of fused-ring (bicyclic) bond motifs is 4. The summed E-state index contributed by atoms with van der Waals surface area (Å²) in [5.74, 6) is 1.40. The van der Waals surface area contributed by atoms with Gasteiger partial charge < -0.3 is 14.2 Å². The van der Waals surface area contributed by atoms with E-state index in [1.54, 1.807) is 11.3 Å². The Bertz CT molecular complexity index is 848. The van der Waals surface area contributed by atoms with Gasteiger partial charge in [-0.2, -0.15) is 0 Å². The number of rotatable bonds is 7. The molecule has 0 spiro atoms. The van der Waals surface area contributed by atoms with Crippen molar-refractivity contribution in [2.24, 2.45) is 5.92 Å². The maximum atomic E-state index is 11.3. The third kappa shape index (κ3) is 4.06. The minimum absolute atomic E-state index is 0.230. The first-order valence-electron chi connectivity index (χ1n) is 9.54. The van der Waals surface area contributed by atoms with Gasteiger partial charge in [-0.25, -0.2) is 4.98 Å². The molecule has 0 saturated carbocycles. The molecule has 3 aliphatic rings. The Labute approximate surface area is 171 Å². The van der Waals surface area contributed by atoms with Gasteiger partial charge in [-0.3, -0.25) is 0 Å². The highest BCUT2D eigenvalue weighted by atomic mass is 32.1. The van der Waals surface area contributed by atoms with Crippen molar-refractivity contribution in [3.05, 3.63) is 23.2 Å². The van der Waals surface area contributed by atoms with Crippen LogP contribution in [-0.2, 0) is 6.42 Å². The summed E-state index contributed by atoms with van der Waals surface area (Å²) in [6.45, 7) is 6.32. The van der Waals surface area contributed by atoms with Crippen LogP contribution in [0.3, 0.4) is 0 Å². The lowest BCUT2D eigenvalue weighted by molar-refractivity contribution is -0.846. The van der Waals surface area contributed by atoms with Gasteiger partial charge in [0.15, 0.2) is 7.98 Å². The van der Waals surface area contributed by atoms with Crippen LogP contribution in [0.2, 0.25) is 0 Å². The van der Waals surface area contributed by atoms with Gasteiger partial charge in [-0.05, 0) is 55.7 Å². The summed E-state index contributed by atoms with van der Waals surface area (Å²) in [4.78, 5) is 5.76. The molecule has 3 aliphatic heterocycles. The fraction of sp³-hybridized carbons (Fsp3) is 0.600. The van der Waals surface area contributed by atoms with Gasteiger partial charge in [0.1, 0.15) is 11.4 Å². The number of benzene rings is 1. The molecule has 1 N–H and O–H groups in total. The van der Waals surface area contributed by atoms with Gasteiger partial charge >= 0.3 is 0 Å². The number of quaternary nitrogens is 1. The van der Waals surface area contributed by atoms with Crippen LogP contribution in [0.4, 0.5) is 0 Å². The highest BCUT2D eigenvalue weighted by Crippen LogP contribution is 2.41. The maximum absolute atomic E-state index is 11.3. The molecule has 0 aliphatic carbocycles. The van der Waals surface area contributed by atoms with Crippen molar-refractivity contribution in [3.8, 4) is 5.75 Å². The van der Waals surface area contributed by atoms with Crippen molar-refractivity contribution in [1.29, 1.82) is 0 Å². The van der Waals surface area contributed by atoms with Crippen LogP contribution in [0.25, 0.3) is 10.2 Å². The summed E-state index contributed by atoms with van der Waals surface area (Å²) >= 11 is 7.38. The molecule has 1 unspecified atom stereocenters. The van der Waals surface area contributed by atoms with E-state index in [-0.39, 0.29) is 7.98 Å². The first kappa shape index (κ1) is 19.3. The fourth-order valence-corrected chi connectivity index (χ4v) is 5.69. The van der Waals surface area contributed by atoms with Gasteiger partial charge in [0.25, 0.3) is 0 Å². The van der Waals surface area contributed by atoms with E-state index >= 15 is 0 Å². The monoisotopic (exact) mass is 404 g/mol. The van der Waals surface area contributed by atoms with Crippen molar-refractivity contribution in [2.45, 2.75) is 44.6 Å². The predicted octanol–water partition coefficient (Wildman–Crippen LogP) is 2.64. The van der Waals surface area contributed by atoms with Crippen LogP contribution in [0, 0.1) is 5.92 Å². The van der Waals surface area contributed by atoms with Gasteiger partial charge in [-0.1, -0.05) is 12.2 Å². The van der Waals surface area contributed by atoms with E-state index in [2.05, 4.69) is 6.07 Å². The van der Waals surface area contributed by atoms with Gasteiger partial charge in [0.2, 0.25) is 0 Å².